The van der Waals surface area contributed by atoms with Crippen LogP contribution in [-0.2, 0) is 4.79 Å². The van der Waals surface area contributed by atoms with E-state index >= 15 is 0 Å². The maximum Gasteiger partial charge on any atom is 0.244 e. The summed E-state index contributed by atoms with van der Waals surface area (Å²) >= 11 is 3.51. The summed E-state index contributed by atoms with van der Waals surface area (Å²) in [7, 11) is 0. The summed E-state index contributed by atoms with van der Waals surface area (Å²) in [5.74, 6) is 2.11. The van der Waals surface area contributed by atoms with Gasteiger partial charge in [-0.2, -0.15) is 11.8 Å². The first-order valence-electron chi connectivity index (χ1n) is 7.44. The quantitative estimate of drug-likeness (QED) is 0.842. The van der Waals surface area contributed by atoms with E-state index in [9.17, 15) is 9.90 Å². The minimum atomic E-state index is -0.651. The molecule has 3 rings (SSSR count). The lowest BCUT2D eigenvalue weighted by Crippen LogP contribution is -2.27. The summed E-state index contributed by atoms with van der Waals surface area (Å²) < 4.78 is 1.16. The number of amides is 1. The Bertz CT molecular complexity index is 652. The van der Waals surface area contributed by atoms with Gasteiger partial charge < -0.3 is 10.4 Å². The summed E-state index contributed by atoms with van der Waals surface area (Å²) in [5.41, 5.74) is 1.22. The normalized spacial score (nSPS) is 16.5. The molecule has 5 heteroatoms. The summed E-state index contributed by atoms with van der Waals surface area (Å²) in [6.45, 7) is 0.254. The molecule has 1 saturated heterocycles. The van der Waals surface area contributed by atoms with Gasteiger partial charge in [-0.25, -0.2) is 0 Å². The van der Waals surface area contributed by atoms with Crippen LogP contribution in [0.5, 0.6) is 0 Å². The highest BCUT2D eigenvalue weighted by Gasteiger charge is 2.13. The van der Waals surface area contributed by atoms with Crippen LogP contribution >= 0.6 is 23.1 Å². The predicted molar refractivity (Wildman–Crippen MR) is 94.4 cm³/mol. The van der Waals surface area contributed by atoms with Crippen LogP contribution in [-0.4, -0.2) is 29.1 Å². The molecule has 1 aromatic carbocycles. The van der Waals surface area contributed by atoms with Crippen LogP contribution in [0.1, 0.15) is 23.8 Å². The molecule has 2 aromatic rings. The Morgan fingerprint density at radius 2 is 2.09 bits per heavy atom. The van der Waals surface area contributed by atoms with E-state index in [0.717, 1.165) is 39.3 Å². The Morgan fingerprint density at radius 3 is 2.86 bits per heavy atom. The minimum absolute atomic E-state index is 0.0953. The third-order valence-corrected chi connectivity index (χ3v) is 5.92. The summed E-state index contributed by atoms with van der Waals surface area (Å²) in [6, 6.07) is 10.0. The van der Waals surface area contributed by atoms with Gasteiger partial charge in [0.2, 0.25) is 5.91 Å². The molecule has 1 unspecified atom stereocenters. The van der Waals surface area contributed by atoms with Crippen molar-refractivity contribution in [3.8, 4) is 0 Å². The number of allylic oxidation sites excluding steroid dienone is 1. The standard InChI is InChI=1S/C17H19NO2S2/c19-14(16-10-13-3-1-2-4-15(13)22-16)11-18-17(20)9-12-5-7-21-8-6-12/h1-4,9-10,14,19H,5-8,11H2,(H,18,20). The first kappa shape index (κ1) is 15.6. The highest BCUT2D eigenvalue weighted by molar-refractivity contribution is 7.99. The Labute approximate surface area is 138 Å². The van der Waals surface area contributed by atoms with Crippen molar-refractivity contribution >= 4 is 39.1 Å². The number of hydrogen-bond acceptors (Lipinski definition) is 4. The van der Waals surface area contributed by atoms with Gasteiger partial charge >= 0.3 is 0 Å². The first-order chi connectivity index (χ1) is 10.7. The Hall–Kier alpha value is -1.30. The number of benzene rings is 1. The number of aliphatic hydroxyl groups is 1. The van der Waals surface area contributed by atoms with E-state index in [2.05, 4.69) is 5.32 Å². The largest absolute Gasteiger partial charge is 0.386 e. The Balaban J connectivity index is 1.57. The molecule has 0 saturated carbocycles. The fourth-order valence-electron chi connectivity index (χ4n) is 2.48. The van der Waals surface area contributed by atoms with Crippen molar-refractivity contribution in [3.05, 3.63) is 46.9 Å². The van der Waals surface area contributed by atoms with Crippen LogP contribution < -0.4 is 5.32 Å². The number of thioether (sulfide) groups is 1. The van der Waals surface area contributed by atoms with E-state index in [1.807, 2.05) is 42.1 Å². The molecule has 1 fully saturated rings. The number of carbonyl (C=O) groups is 1. The average molecular weight is 333 g/mol. The second-order valence-electron chi connectivity index (χ2n) is 5.36. The zero-order chi connectivity index (χ0) is 15.4. The Morgan fingerprint density at radius 1 is 1.32 bits per heavy atom. The first-order valence-corrected chi connectivity index (χ1v) is 9.41. The molecule has 2 heterocycles. The van der Waals surface area contributed by atoms with Gasteiger partial charge in [0, 0.05) is 22.2 Å². The molecule has 0 bridgehead atoms. The summed E-state index contributed by atoms with van der Waals surface area (Å²) in [6.07, 6.45) is 3.05. The van der Waals surface area contributed by atoms with Gasteiger partial charge in [-0.15, -0.1) is 11.3 Å². The van der Waals surface area contributed by atoms with Crippen LogP contribution in [0.25, 0.3) is 10.1 Å². The number of carbonyl (C=O) groups excluding carboxylic acids is 1. The lowest BCUT2D eigenvalue weighted by Gasteiger charge is -2.13. The van der Waals surface area contributed by atoms with Gasteiger partial charge in [0.15, 0.2) is 0 Å². The molecule has 0 aliphatic carbocycles. The SMILES string of the molecule is O=C(C=C1CCSCC1)NCC(O)c1cc2ccccc2s1. The van der Waals surface area contributed by atoms with Crippen molar-refractivity contribution in [2.24, 2.45) is 0 Å². The lowest BCUT2D eigenvalue weighted by atomic mass is 10.1. The van der Waals surface area contributed by atoms with Crippen molar-refractivity contribution in [1.29, 1.82) is 0 Å². The molecular formula is C17H19NO2S2. The van der Waals surface area contributed by atoms with Gasteiger partial charge in [0.05, 0.1) is 0 Å². The zero-order valence-electron chi connectivity index (χ0n) is 12.2. The molecule has 22 heavy (non-hydrogen) atoms. The third-order valence-electron chi connectivity index (χ3n) is 3.71. The molecule has 3 nitrogen and oxygen atoms in total. The second-order valence-corrected chi connectivity index (χ2v) is 7.70. The van der Waals surface area contributed by atoms with Gasteiger partial charge in [-0.1, -0.05) is 23.8 Å². The molecule has 2 N–H and O–H groups in total. The Kier molecular flexibility index (Phi) is 5.18. The number of aliphatic hydroxyl groups excluding tert-OH is 1. The van der Waals surface area contributed by atoms with E-state index in [0.29, 0.717) is 0 Å². The lowest BCUT2D eigenvalue weighted by molar-refractivity contribution is -0.117. The molecule has 0 spiro atoms. The zero-order valence-corrected chi connectivity index (χ0v) is 13.9. The van der Waals surface area contributed by atoms with E-state index in [-0.39, 0.29) is 12.5 Å². The molecule has 116 valence electrons. The maximum absolute atomic E-state index is 11.9. The van der Waals surface area contributed by atoms with E-state index in [4.69, 9.17) is 0 Å². The van der Waals surface area contributed by atoms with Gasteiger partial charge in [-0.05, 0) is 41.9 Å². The monoisotopic (exact) mass is 333 g/mol. The highest BCUT2D eigenvalue weighted by atomic mass is 32.2. The van der Waals surface area contributed by atoms with Crippen molar-refractivity contribution < 1.29 is 9.90 Å². The number of rotatable bonds is 4. The number of thiophene rings is 1. The van der Waals surface area contributed by atoms with Crippen LogP contribution in [0.4, 0.5) is 0 Å². The maximum atomic E-state index is 11.9. The van der Waals surface area contributed by atoms with Crippen molar-refractivity contribution in [1.82, 2.24) is 5.32 Å². The summed E-state index contributed by atoms with van der Waals surface area (Å²) in [5, 5.41) is 14.2. The van der Waals surface area contributed by atoms with Crippen LogP contribution in [0.2, 0.25) is 0 Å². The fourth-order valence-corrected chi connectivity index (χ4v) is 4.55. The van der Waals surface area contributed by atoms with Crippen molar-refractivity contribution in [2.45, 2.75) is 18.9 Å². The van der Waals surface area contributed by atoms with Crippen LogP contribution in [0, 0.1) is 0 Å². The number of hydrogen-bond donors (Lipinski definition) is 2. The predicted octanol–water partition coefficient (Wildman–Crippen LogP) is 3.50. The van der Waals surface area contributed by atoms with Crippen molar-refractivity contribution in [2.75, 3.05) is 18.1 Å². The molecule has 1 aliphatic heterocycles. The molecule has 1 atom stereocenters. The average Bonchev–Trinajstić information content (AvgIpc) is 2.98. The van der Waals surface area contributed by atoms with E-state index < -0.39 is 6.10 Å². The van der Waals surface area contributed by atoms with Crippen LogP contribution in [0.3, 0.4) is 0 Å². The third kappa shape index (κ3) is 3.91. The highest BCUT2D eigenvalue weighted by Crippen LogP contribution is 2.29. The second kappa shape index (κ2) is 7.31. The minimum Gasteiger partial charge on any atom is -0.386 e. The van der Waals surface area contributed by atoms with Crippen LogP contribution in [0.15, 0.2) is 42.0 Å². The van der Waals surface area contributed by atoms with Crippen molar-refractivity contribution in [3.63, 3.8) is 0 Å². The molecule has 1 amide bonds. The van der Waals surface area contributed by atoms with Gasteiger partial charge in [0.1, 0.15) is 6.10 Å². The molecular weight excluding hydrogens is 314 g/mol. The smallest absolute Gasteiger partial charge is 0.244 e. The molecule has 0 radical (unpaired) electrons. The topological polar surface area (TPSA) is 49.3 Å². The molecule has 1 aromatic heterocycles. The number of fused-ring (bicyclic) bond motifs is 1. The van der Waals surface area contributed by atoms with Gasteiger partial charge in [-0.3, -0.25) is 4.79 Å². The van der Waals surface area contributed by atoms with E-state index in [1.54, 1.807) is 17.4 Å². The van der Waals surface area contributed by atoms with E-state index in [1.165, 1.54) is 5.57 Å². The molecule has 1 aliphatic rings. The summed E-state index contributed by atoms with van der Waals surface area (Å²) in [4.78, 5) is 12.8. The number of nitrogens with one attached hydrogen (secondary N) is 1. The van der Waals surface area contributed by atoms with Gasteiger partial charge in [0.25, 0.3) is 0 Å². The fraction of sp³-hybridized carbons (Fsp3) is 0.353.